The predicted octanol–water partition coefficient (Wildman–Crippen LogP) is 1.92. The van der Waals surface area contributed by atoms with Gasteiger partial charge in [0.15, 0.2) is 0 Å². The van der Waals surface area contributed by atoms with Crippen LogP contribution in [0.5, 0.6) is 0 Å². The minimum atomic E-state index is -0.123. The molecule has 0 bridgehead atoms. The van der Waals surface area contributed by atoms with Crippen LogP contribution in [0.25, 0.3) is 0 Å². The van der Waals surface area contributed by atoms with Crippen LogP contribution in [0, 0.1) is 0 Å². The second kappa shape index (κ2) is 7.29. The second-order valence-electron chi connectivity index (χ2n) is 3.81. The normalized spacial score (nSPS) is 10.2. The number of halogens is 1. The van der Waals surface area contributed by atoms with Crippen molar-refractivity contribution in [1.82, 2.24) is 5.32 Å². The number of nitrogens with one attached hydrogen (secondary N) is 1. The molecule has 0 saturated heterocycles. The molecule has 94 valence electrons. The van der Waals surface area contributed by atoms with Crippen LogP contribution in [0.1, 0.15) is 29.6 Å². The van der Waals surface area contributed by atoms with Crippen LogP contribution in [-0.4, -0.2) is 24.2 Å². The molecule has 0 heterocycles. The molecule has 4 N–H and O–H groups in total. The van der Waals surface area contributed by atoms with Crippen LogP contribution < -0.4 is 11.1 Å². The fourth-order valence-electron chi connectivity index (χ4n) is 1.46. The molecule has 0 aliphatic heterocycles. The van der Waals surface area contributed by atoms with Crippen molar-refractivity contribution in [2.45, 2.75) is 19.3 Å². The Morgan fingerprint density at radius 3 is 2.71 bits per heavy atom. The number of carbonyl (C=O) groups excluding carboxylic acids is 1. The molecular weight excluding hydrogens is 284 g/mol. The van der Waals surface area contributed by atoms with Crippen LogP contribution in [-0.2, 0) is 0 Å². The maximum absolute atomic E-state index is 11.7. The van der Waals surface area contributed by atoms with Crippen molar-refractivity contribution >= 4 is 27.5 Å². The summed E-state index contributed by atoms with van der Waals surface area (Å²) >= 11 is 3.30. The number of carbonyl (C=O) groups is 1. The van der Waals surface area contributed by atoms with Crippen molar-refractivity contribution in [3.05, 3.63) is 28.2 Å². The topological polar surface area (TPSA) is 75.4 Å². The summed E-state index contributed by atoms with van der Waals surface area (Å²) in [5, 5.41) is 11.4. The van der Waals surface area contributed by atoms with Crippen molar-refractivity contribution in [2.75, 3.05) is 18.9 Å². The first-order valence-electron chi connectivity index (χ1n) is 5.58. The number of benzene rings is 1. The van der Waals surface area contributed by atoms with Gasteiger partial charge in [0, 0.05) is 28.9 Å². The average Bonchev–Trinajstić information content (AvgIpc) is 2.27. The van der Waals surface area contributed by atoms with Gasteiger partial charge in [0.25, 0.3) is 5.91 Å². The summed E-state index contributed by atoms with van der Waals surface area (Å²) in [6, 6.07) is 5.13. The molecule has 1 rings (SSSR count). The standard InChI is InChI=1S/C12H17BrN2O2/c13-10-6-9(7-11(14)8-10)12(17)15-4-2-1-3-5-16/h6-8,16H,1-5,14H2,(H,15,17). The molecule has 1 amide bonds. The number of unbranched alkanes of at least 4 members (excludes halogenated alkanes) is 2. The molecule has 1 aromatic rings. The van der Waals surface area contributed by atoms with Gasteiger partial charge >= 0.3 is 0 Å². The van der Waals surface area contributed by atoms with E-state index in [4.69, 9.17) is 10.8 Å². The molecule has 0 unspecified atom stereocenters. The smallest absolute Gasteiger partial charge is 0.251 e. The molecule has 4 nitrogen and oxygen atoms in total. The van der Waals surface area contributed by atoms with E-state index in [1.165, 1.54) is 0 Å². The Balaban J connectivity index is 2.41. The van der Waals surface area contributed by atoms with E-state index < -0.39 is 0 Å². The highest BCUT2D eigenvalue weighted by molar-refractivity contribution is 9.10. The van der Waals surface area contributed by atoms with Crippen LogP contribution in [0.15, 0.2) is 22.7 Å². The second-order valence-corrected chi connectivity index (χ2v) is 4.73. The summed E-state index contributed by atoms with van der Waals surface area (Å²) in [6.07, 6.45) is 2.56. The molecule has 0 saturated carbocycles. The lowest BCUT2D eigenvalue weighted by Crippen LogP contribution is -2.24. The highest BCUT2D eigenvalue weighted by Gasteiger charge is 2.06. The van der Waals surface area contributed by atoms with Gasteiger partial charge in [-0.15, -0.1) is 0 Å². The van der Waals surface area contributed by atoms with E-state index in [0.29, 0.717) is 17.8 Å². The largest absolute Gasteiger partial charge is 0.399 e. The van der Waals surface area contributed by atoms with Crippen molar-refractivity contribution in [3.63, 3.8) is 0 Å². The van der Waals surface area contributed by atoms with E-state index in [-0.39, 0.29) is 12.5 Å². The zero-order valence-corrected chi connectivity index (χ0v) is 11.2. The van der Waals surface area contributed by atoms with E-state index in [1.54, 1.807) is 18.2 Å². The third kappa shape index (κ3) is 5.19. The number of anilines is 1. The summed E-state index contributed by atoms with van der Waals surface area (Å²) in [5.41, 5.74) is 6.77. The minimum Gasteiger partial charge on any atom is -0.399 e. The zero-order valence-electron chi connectivity index (χ0n) is 9.58. The summed E-state index contributed by atoms with van der Waals surface area (Å²) < 4.78 is 0.794. The van der Waals surface area contributed by atoms with E-state index in [0.717, 1.165) is 23.7 Å². The van der Waals surface area contributed by atoms with Crippen LogP contribution >= 0.6 is 15.9 Å². The fourth-order valence-corrected chi connectivity index (χ4v) is 1.97. The Morgan fingerprint density at radius 1 is 1.29 bits per heavy atom. The Morgan fingerprint density at radius 2 is 2.06 bits per heavy atom. The molecule has 0 fully saturated rings. The number of hydrogen-bond donors (Lipinski definition) is 3. The number of amides is 1. The molecule has 0 atom stereocenters. The maximum atomic E-state index is 11.7. The van der Waals surface area contributed by atoms with E-state index in [9.17, 15) is 4.79 Å². The van der Waals surface area contributed by atoms with Crippen molar-refractivity contribution in [1.29, 1.82) is 0 Å². The van der Waals surface area contributed by atoms with Gasteiger partial charge < -0.3 is 16.2 Å². The molecule has 0 radical (unpaired) electrons. The number of aliphatic hydroxyl groups excluding tert-OH is 1. The van der Waals surface area contributed by atoms with Crippen molar-refractivity contribution in [2.24, 2.45) is 0 Å². The summed E-state index contributed by atoms with van der Waals surface area (Å²) in [7, 11) is 0. The van der Waals surface area contributed by atoms with Gasteiger partial charge in [-0.05, 0) is 37.5 Å². The predicted molar refractivity (Wildman–Crippen MR) is 71.8 cm³/mol. The lowest BCUT2D eigenvalue weighted by atomic mass is 10.2. The number of nitrogen functional groups attached to an aromatic ring is 1. The molecule has 0 aliphatic carbocycles. The van der Waals surface area contributed by atoms with Gasteiger partial charge in [0.1, 0.15) is 0 Å². The maximum Gasteiger partial charge on any atom is 0.251 e. The quantitative estimate of drug-likeness (QED) is 0.555. The Kier molecular flexibility index (Phi) is 6.00. The first-order chi connectivity index (χ1) is 8.13. The minimum absolute atomic E-state index is 0.123. The third-order valence-corrected chi connectivity index (χ3v) is 2.76. The Bertz CT molecular complexity index is 363. The van der Waals surface area contributed by atoms with Crippen LogP contribution in [0.3, 0.4) is 0 Å². The van der Waals surface area contributed by atoms with Crippen LogP contribution in [0.4, 0.5) is 5.69 Å². The van der Waals surface area contributed by atoms with Crippen molar-refractivity contribution < 1.29 is 9.90 Å². The lowest BCUT2D eigenvalue weighted by Gasteiger charge is -2.06. The summed E-state index contributed by atoms with van der Waals surface area (Å²) in [5.74, 6) is -0.123. The number of rotatable bonds is 6. The summed E-state index contributed by atoms with van der Waals surface area (Å²) in [4.78, 5) is 11.7. The fraction of sp³-hybridized carbons (Fsp3) is 0.417. The number of hydrogen-bond acceptors (Lipinski definition) is 3. The first kappa shape index (κ1) is 14.0. The SMILES string of the molecule is Nc1cc(Br)cc(C(=O)NCCCCCO)c1. The van der Waals surface area contributed by atoms with E-state index in [1.807, 2.05) is 0 Å². The molecule has 0 spiro atoms. The molecular formula is C12H17BrN2O2. The highest BCUT2D eigenvalue weighted by atomic mass is 79.9. The monoisotopic (exact) mass is 300 g/mol. The van der Waals surface area contributed by atoms with Gasteiger partial charge in [-0.3, -0.25) is 4.79 Å². The van der Waals surface area contributed by atoms with Crippen molar-refractivity contribution in [3.8, 4) is 0 Å². The van der Waals surface area contributed by atoms with Gasteiger partial charge in [0.2, 0.25) is 0 Å². The van der Waals surface area contributed by atoms with Gasteiger partial charge in [0.05, 0.1) is 0 Å². The van der Waals surface area contributed by atoms with E-state index in [2.05, 4.69) is 21.2 Å². The molecule has 5 heteroatoms. The summed E-state index contributed by atoms with van der Waals surface area (Å²) in [6.45, 7) is 0.821. The average molecular weight is 301 g/mol. The highest BCUT2D eigenvalue weighted by Crippen LogP contribution is 2.17. The molecule has 17 heavy (non-hydrogen) atoms. The number of nitrogens with two attached hydrogens (primary N) is 1. The molecule has 0 aliphatic rings. The van der Waals surface area contributed by atoms with Gasteiger partial charge in [-0.2, -0.15) is 0 Å². The molecule has 1 aromatic carbocycles. The first-order valence-corrected chi connectivity index (χ1v) is 6.38. The lowest BCUT2D eigenvalue weighted by molar-refractivity contribution is 0.0953. The van der Waals surface area contributed by atoms with Crippen LogP contribution in [0.2, 0.25) is 0 Å². The van der Waals surface area contributed by atoms with Gasteiger partial charge in [-0.25, -0.2) is 0 Å². The van der Waals surface area contributed by atoms with Gasteiger partial charge in [-0.1, -0.05) is 15.9 Å². The van der Waals surface area contributed by atoms with E-state index >= 15 is 0 Å². The molecule has 0 aromatic heterocycles. The Labute approximate surface area is 109 Å². The zero-order chi connectivity index (χ0) is 12.7. The Hall–Kier alpha value is -1.07. The number of aliphatic hydroxyl groups is 1. The third-order valence-electron chi connectivity index (χ3n) is 2.30.